The molecule has 37 heavy (non-hydrogen) atoms. The van der Waals surface area contributed by atoms with E-state index in [4.69, 9.17) is 4.18 Å². The average molecular weight is 536 g/mol. The Morgan fingerprint density at radius 3 is 2.43 bits per heavy atom. The van der Waals surface area contributed by atoms with Crippen LogP contribution < -0.4 is 14.9 Å². The predicted molar refractivity (Wildman–Crippen MR) is 139 cm³/mol. The number of hydrogen-bond donors (Lipinski definition) is 2. The quantitative estimate of drug-likeness (QED) is 0.190. The van der Waals surface area contributed by atoms with Gasteiger partial charge in [-0.1, -0.05) is 59.4 Å². The van der Waals surface area contributed by atoms with E-state index in [-0.39, 0.29) is 28.1 Å². The summed E-state index contributed by atoms with van der Waals surface area (Å²) in [5, 5.41) is 15.0. The van der Waals surface area contributed by atoms with Gasteiger partial charge in [-0.05, 0) is 43.3 Å². The van der Waals surface area contributed by atoms with Crippen LogP contribution in [0.15, 0.2) is 88.9 Å². The second-order valence-corrected chi connectivity index (χ2v) is 10.3. The second kappa shape index (κ2) is 11.5. The Balaban J connectivity index is 1.33. The molecule has 0 fully saturated rings. The minimum absolute atomic E-state index is 0.0153. The van der Waals surface area contributed by atoms with E-state index >= 15 is 0 Å². The summed E-state index contributed by atoms with van der Waals surface area (Å²) in [5.74, 6) is -0.742. The summed E-state index contributed by atoms with van der Waals surface area (Å²) in [5.41, 5.74) is 4.23. The van der Waals surface area contributed by atoms with Gasteiger partial charge >= 0.3 is 10.1 Å². The van der Waals surface area contributed by atoms with Crippen LogP contribution in [0.5, 0.6) is 5.75 Å². The maximum Gasteiger partial charge on any atom is 0.339 e. The van der Waals surface area contributed by atoms with Crippen molar-refractivity contribution in [1.29, 1.82) is 0 Å². The monoisotopic (exact) mass is 535 g/mol. The van der Waals surface area contributed by atoms with Gasteiger partial charge in [0.15, 0.2) is 5.75 Å². The summed E-state index contributed by atoms with van der Waals surface area (Å²) in [7, 11) is -4.04. The molecule has 0 unspecified atom stereocenters. The third-order valence-electron chi connectivity index (χ3n) is 4.86. The number of hydrogen-bond acceptors (Lipinski definition) is 9. The highest BCUT2D eigenvalue weighted by Gasteiger charge is 2.17. The minimum Gasteiger partial charge on any atom is -0.378 e. The van der Waals surface area contributed by atoms with Crippen molar-refractivity contribution in [1.82, 2.24) is 15.6 Å². The number of para-hydroxylation sites is 1. The summed E-state index contributed by atoms with van der Waals surface area (Å²) in [6, 6.07) is 21.2. The van der Waals surface area contributed by atoms with Gasteiger partial charge in [-0.3, -0.25) is 14.9 Å². The normalized spacial score (nSPS) is 11.3. The number of anilines is 1. The van der Waals surface area contributed by atoms with E-state index in [2.05, 4.69) is 26.0 Å². The van der Waals surface area contributed by atoms with Crippen molar-refractivity contribution in [3.63, 3.8) is 0 Å². The molecular weight excluding hydrogens is 514 g/mol. The molecule has 2 amide bonds. The maximum absolute atomic E-state index is 12.5. The SMILES string of the molecule is Cc1ccc(C(=O)Nc2nnc(CC(=O)N/N=C\c3ccccc3OS(=O)(=O)c3ccccc3)s2)cc1. The van der Waals surface area contributed by atoms with Crippen molar-refractivity contribution in [2.45, 2.75) is 18.2 Å². The number of aryl methyl sites for hydroxylation is 1. The van der Waals surface area contributed by atoms with E-state index in [0.29, 0.717) is 16.1 Å². The van der Waals surface area contributed by atoms with E-state index < -0.39 is 16.0 Å². The first kappa shape index (κ1) is 25.7. The highest BCUT2D eigenvalue weighted by molar-refractivity contribution is 7.87. The molecule has 2 N–H and O–H groups in total. The lowest BCUT2D eigenvalue weighted by atomic mass is 10.1. The van der Waals surface area contributed by atoms with Crippen molar-refractivity contribution >= 4 is 44.6 Å². The highest BCUT2D eigenvalue weighted by atomic mass is 32.2. The smallest absolute Gasteiger partial charge is 0.339 e. The maximum atomic E-state index is 12.5. The average Bonchev–Trinajstić information content (AvgIpc) is 3.32. The van der Waals surface area contributed by atoms with Gasteiger partial charge < -0.3 is 4.18 Å². The topological polar surface area (TPSA) is 140 Å². The van der Waals surface area contributed by atoms with Gasteiger partial charge in [0.2, 0.25) is 11.0 Å². The van der Waals surface area contributed by atoms with Crippen molar-refractivity contribution in [3.8, 4) is 5.75 Å². The first-order chi connectivity index (χ1) is 17.8. The number of amides is 2. The third kappa shape index (κ3) is 7.06. The van der Waals surface area contributed by atoms with E-state index in [1.165, 1.54) is 24.4 Å². The molecule has 0 radical (unpaired) electrons. The standard InChI is InChI=1S/C25H21N5O5S2/c1-17-11-13-18(14-12-17)24(32)27-25-30-29-23(36-25)15-22(31)28-26-16-19-7-5-6-10-21(19)35-37(33,34)20-8-3-2-4-9-20/h2-14,16H,15H2,1H3,(H,28,31)(H,27,30,32)/b26-16-. The van der Waals surface area contributed by atoms with Crippen LogP contribution in [0, 0.1) is 6.92 Å². The Morgan fingerprint density at radius 2 is 1.68 bits per heavy atom. The van der Waals surface area contributed by atoms with Gasteiger partial charge in [0.05, 0.1) is 12.6 Å². The highest BCUT2D eigenvalue weighted by Crippen LogP contribution is 2.22. The van der Waals surface area contributed by atoms with Crippen LogP contribution in [0.4, 0.5) is 5.13 Å². The fourth-order valence-electron chi connectivity index (χ4n) is 3.02. The van der Waals surface area contributed by atoms with Crippen LogP contribution in [0.3, 0.4) is 0 Å². The Bertz CT molecular complexity index is 1540. The molecule has 1 heterocycles. The van der Waals surface area contributed by atoms with Crippen molar-refractivity contribution < 1.29 is 22.2 Å². The molecule has 1 aromatic heterocycles. The van der Waals surface area contributed by atoms with Gasteiger partial charge in [-0.2, -0.15) is 13.5 Å². The fraction of sp³-hybridized carbons (Fsp3) is 0.0800. The Morgan fingerprint density at radius 1 is 0.973 bits per heavy atom. The summed E-state index contributed by atoms with van der Waals surface area (Å²) >= 11 is 1.07. The molecule has 10 nitrogen and oxygen atoms in total. The van der Waals surface area contributed by atoms with E-state index in [0.717, 1.165) is 16.9 Å². The number of benzene rings is 3. The minimum atomic E-state index is -4.04. The lowest BCUT2D eigenvalue weighted by Gasteiger charge is -2.09. The number of rotatable bonds is 9. The molecule has 188 valence electrons. The second-order valence-electron chi connectivity index (χ2n) is 7.68. The van der Waals surface area contributed by atoms with Crippen molar-refractivity contribution in [3.05, 3.63) is 101 Å². The first-order valence-corrected chi connectivity index (χ1v) is 13.1. The molecule has 0 atom stereocenters. The lowest BCUT2D eigenvalue weighted by Crippen LogP contribution is -2.19. The molecule has 0 bridgehead atoms. The number of aromatic nitrogens is 2. The lowest BCUT2D eigenvalue weighted by molar-refractivity contribution is -0.120. The van der Waals surface area contributed by atoms with Gasteiger partial charge in [-0.15, -0.1) is 10.2 Å². The van der Waals surface area contributed by atoms with Crippen LogP contribution in [-0.4, -0.2) is 36.6 Å². The van der Waals surface area contributed by atoms with Crippen molar-refractivity contribution in [2.75, 3.05) is 5.32 Å². The van der Waals surface area contributed by atoms with Crippen LogP contribution in [-0.2, 0) is 21.3 Å². The molecule has 0 aliphatic heterocycles. The molecule has 0 spiro atoms. The van der Waals surface area contributed by atoms with Crippen LogP contribution >= 0.6 is 11.3 Å². The van der Waals surface area contributed by atoms with E-state index in [1.807, 2.05) is 19.1 Å². The fourth-order valence-corrected chi connectivity index (χ4v) is 4.73. The van der Waals surface area contributed by atoms with Gasteiger partial charge in [-0.25, -0.2) is 5.43 Å². The number of nitrogens with zero attached hydrogens (tertiary/aromatic N) is 3. The Labute approximate surface area is 217 Å². The zero-order valence-corrected chi connectivity index (χ0v) is 21.1. The third-order valence-corrected chi connectivity index (χ3v) is 6.94. The number of nitrogens with one attached hydrogen (secondary N) is 2. The molecule has 0 aliphatic carbocycles. The Kier molecular flexibility index (Phi) is 8.01. The predicted octanol–water partition coefficient (Wildman–Crippen LogP) is 3.56. The molecule has 3 aromatic carbocycles. The largest absolute Gasteiger partial charge is 0.378 e. The number of carbonyl (C=O) groups excluding carboxylic acids is 2. The first-order valence-electron chi connectivity index (χ1n) is 10.9. The summed E-state index contributed by atoms with van der Waals surface area (Å²) in [6.45, 7) is 1.93. The summed E-state index contributed by atoms with van der Waals surface area (Å²) < 4.78 is 30.3. The molecule has 0 saturated heterocycles. The molecule has 12 heteroatoms. The molecule has 4 aromatic rings. The van der Waals surface area contributed by atoms with Gasteiger partial charge in [0, 0.05) is 11.1 Å². The summed E-state index contributed by atoms with van der Waals surface area (Å²) in [6.07, 6.45) is 1.16. The molecular formula is C25H21N5O5S2. The zero-order valence-electron chi connectivity index (χ0n) is 19.5. The van der Waals surface area contributed by atoms with Gasteiger partial charge in [0.25, 0.3) is 5.91 Å². The summed E-state index contributed by atoms with van der Waals surface area (Å²) in [4.78, 5) is 24.6. The van der Waals surface area contributed by atoms with E-state index in [1.54, 1.807) is 48.5 Å². The van der Waals surface area contributed by atoms with Gasteiger partial charge in [0.1, 0.15) is 9.90 Å². The van der Waals surface area contributed by atoms with Crippen LogP contribution in [0.1, 0.15) is 26.5 Å². The van der Waals surface area contributed by atoms with Crippen molar-refractivity contribution in [2.24, 2.45) is 5.10 Å². The van der Waals surface area contributed by atoms with Crippen LogP contribution in [0.2, 0.25) is 0 Å². The Hall–Kier alpha value is -4.42. The molecule has 0 aliphatic rings. The molecule has 4 rings (SSSR count). The number of hydrazone groups is 1. The molecule has 0 saturated carbocycles. The number of carbonyl (C=O) groups is 2. The van der Waals surface area contributed by atoms with Crippen LogP contribution in [0.25, 0.3) is 0 Å². The van der Waals surface area contributed by atoms with E-state index in [9.17, 15) is 18.0 Å². The zero-order chi connectivity index (χ0) is 26.3.